The van der Waals surface area contributed by atoms with E-state index in [-0.39, 0.29) is 6.42 Å². The minimum Gasteiger partial charge on any atom is -0.491 e. The highest BCUT2D eigenvalue weighted by Gasteiger charge is 2.06. The van der Waals surface area contributed by atoms with Crippen molar-refractivity contribution in [2.24, 2.45) is 0 Å². The summed E-state index contributed by atoms with van der Waals surface area (Å²) in [6, 6.07) is 7.11. The first-order valence-corrected chi connectivity index (χ1v) is 4.65. The molecule has 0 atom stereocenters. The van der Waals surface area contributed by atoms with Crippen LogP contribution in [0.3, 0.4) is 0 Å². The van der Waals surface area contributed by atoms with Gasteiger partial charge in [0.2, 0.25) is 0 Å². The standard InChI is InChI=1S/C11H14O4/c1-14-6-7-15-10-5-3-2-4-9(10)8-11(12)13/h2-5H,6-8H2,1H3,(H,12,13). The van der Waals surface area contributed by atoms with E-state index in [0.717, 1.165) is 0 Å². The van der Waals surface area contributed by atoms with Gasteiger partial charge >= 0.3 is 5.97 Å². The fourth-order valence-corrected chi connectivity index (χ4v) is 1.19. The van der Waals surface area contributed by atoms with E-state index in [1.54, 1.807) is 25.3 Å². The molecule has 0 aliphatic carbocycles. The summed E-state index contributed by atoms with van der Waals surface area (Å²) in [6.07, 6.45) is -0.0246. The van der Waals surface area contributed by atoms with Gasteiger partial charge in [-0.3, -0.25) is 4.79 Å². The van der Waals surface area contributed by atoms with E-state index in [2.05, 4.69) is 0 Å². The Balaban J connectivity index is 2.64. The minimum absolute atomic E-state index is 0.0246. The zero-order chi connectivity index (χ0) is 11.1. The Hall–Kier alpha value is -1.55. The summed E-state index contributed by atoms with van der Waals surface area (Å²) in [5.41, 5.74) is 0.682. The zero-order valence-electron chi connectivity index (χ0n) is 8.60. The average molecular weight is 210 g/mol. The van der Waals surface area contributed by atoms with Crippen molar-refractivity contribution in [1.82, 2.24) is 0 Å². The van der Waals surface area contributed by atoms with E-state index in [9.17, 15) is 4.79 Å². The van der Waals surface area contributed by atoms with Crippen LogP contribution in [0.4, 0.5) is 0 Å². The topological polar surface area (TPSA) is 55.8 Å². The smallest absolute Gasteiger partial charge is 0.307 e. The third-order valence-electron chi connectivity index (χ3n) is 1.86. The molecule has 0 spiro atoms. The van der Waals surface area contributed by atoms with Crippen LogP contribution in [0.2, 0.25) is 0 Å². The minimum atomic E-state index is -0.863. The molecule has 0 aromatic heterocycles. The van der Waals surface area contributed by atoms with Crippen LogP contribution in [0.5, 0.6) is 5.75 Å². The van der Waals surface area contributed by atoms with Crippen molar-refractivity contribution in [2.75, 3.05) is 20.3 Å². The van der Waals surface area contributed by atoms with Crippen LogP contribution >= 0.6 is 0 Å². The highest BCUT2D eigenvalue weighted by Crippen LogP contribution is 2.18. The van der Waals surface area contributed by atoms with Crippen molar-refractivity contribution >= 4 is 5.97 Å². The lowest BCUT2D eigenvalue weighted by molar-refractivity contribution is -0.136. The number of carboxylic acid groups (broad SMARTS) is 1. The molecule has 0 fully saturated rings. The number of aliphatic carboxylic acids is 1. The monoisotopic (exact) mass is 210 g/mol. The van der Waals surface area contributed by atoms with E-state index >= 15 is 0 Å². The molecular weight excluding hydrogens is 196 g/mol. The number of ether oxygens (including phenoxy) is 2. The summed E-state index contributed by atoms with van der Waals surface area (Å²) in [7, 11) is 1.59. The Labute approximate surface area is 88.4 Å². The molecule has 1 aromatic rings. The van der Waals surface area contributed by atoms with Crippen LogP contribution in [-0.2, 0) is 16.0 Å². The number of benzene rings is 1. The van der Waals surface area contributed by atoms with Gasteiger partial charge in [0, 0.05) is 12.7 Å². The van der Waals surface area contributed by atoms with Gasteiger partial charge in [-0.15, -0.1) is 0 Å². The normalized spacial score (nSPS) is 9.93. The predicted octanol–water partition coefficient (Wildman–Crippen LogP) is 1.34. The highest BCUT2D eigenvalue weighted by molar-refractivity contribution is 5.71. The lowest BCUT2D eigenvalue weighted by Gasteiger charge is -2.09. The SMILES string of the molecule is COCCOc1ccccc1CC(=O)O. The summed E-state index contributed by atoms with van der Waals surface area (Å²) in [6.45, 7) is 0.911. The summed E-state index contributed by atoms with van der Waals surface area (Å²) < 4.78 is 10.2. The number of carbonyl (C=O) groups is 1. The van der Waals surface area contributed by atoms with Crippen LogP contribution in [0.1, 0.15) is 5.56 Å². The lowest BCUT2D eigenvalue weighted by atomic mass is 10.1. The van der Waals surface area contributed by atoms with Crippen molar-refractivity contribution < 1.29 is 19.4 Å². The highest BCUT2D eigenvalue weighted by atomic mass is 16.5. The van der Waals surface area contributed by atoms with Gasteiger partial charge in [0.05, 0.1) is 13.0 Å². The van der Waals surface area contributed by atoms with Gasteiger partial charge < -0.3 is 14.6 Å². The van der Waals surface area contributed by atoms with Crippen LogP contribution in [0.15, 0.2) is 24.3 Å². The molecule has 1 aromatic carbocycles. The molecule has 82 valence electrons. The molecule has 1 N–H and O–H groups in total. The maximum Gasteiger partial charge on any atom is 0.307 e. The van der Waals surface area contributed by atoms with Crippen molar-refractivity contribution in [3.63, 3.8) is 0 Å². The Morgan fingerprint density at radius 2 is 2.07 bits per heavy atom. The van der Waals surface area contributed by atoms with Gasteiger partial charge in [0.25, 0.3) is 0 Å². The number of methoxy groups -OCH3 is 1. The number of hydrogen-bond acceptors (Lipinski definition) is 3. The summed E-state index contributed by atoms with van der Waals surface area (Å²) in [5, 5.41) is 8.68. The van der Waals surface area contributed by atoms with Gasteiger partial charge in [-0.2, -0.15) is 0 Å². The fourth-order valence-electron chi connectivity index (χ4n) is 1.19. The Morgan fingerprint density at radius 3 is 2.73 bits per heavy atom. The molecule has 0 aliphatic heterocycles. The second-order valence-corrected chi connectivity index (χ2v) is 3.02. The second-order valence-electron chi connectivity index (χ2n) is 3.02. The molecule has 15 heavy (non-hydrogen) atoms. The van der Waals surface area contributed by atoms with Gasteiger partial charge in [0.1, 0.15) is 12.4 Å². The van der Waals surface area contributed by atoms with Crippen molar-refractivity contribution in [3.05, 3.63) is 29.8 Å². The van der Waals surface area contributed by atoms with E-state index in [1.807, 2.05) is 6.07 Å². The molecule has 0 bridgehead atoms. The van der Waals surface area contributed by atoms with Gasteiger partial charge in [-0.1, -0.05) is 18.2 Å². The molecule has 0 amide bonds. The molecule has 1 rings (SSSR count). The molecule has 0 saturated heterocycles. The van der Waals surface area contributed by atoms with Crippen LogP contribution in [0, 0.1) is 0 Å². The average Bonchev–Trinajstić information content (AvgIpc) is 2.20. The number of carboxylic acids is 1. The molecule has 4 heteroatoms. The van der Waals surface area contributed by atoms with Crippen molar-refractivity contribution in [1.29, 1.82) is 0 Å². The predicted molar refractivity (Wildman–Crippen MR) is 55.2 cm³/mol. The Morgan fingerprint density at radius 1 is 1.33 bits per heavy atom. The molecule has 0 saturated carbocycles. The Bertz CT molecular complexity index is 322. The molecule has 0 aliphatic rings. The number of para-hydroxylation sites is 1. The van der Waals surface area contributed by atoms with Gasteiger partial charge in [-0.25, -0.2) is 0 Å². The van der Waals surface area contributed by atoms with Crippen molar-refractivity contribution in [2.45, 2.75) is 6.42 Å². The van der Waals surface area contributed by atoms with Crippen LogP contribution in [0.25, 0.3) is 0 Å². The molecule has 0 unspecified atom stereocenters. The molecule has 0 radical (unpaired) electrons. The van der Waals surface area contributed by atoms with Crippen LogP contribution in [-0.4, -0.2) is 31.4 Å². The van der Waals surface area contributed by atoms with E-state index in [4.69, 9.17) is 14.6 Å². The van der Waals surface area contributed by atoms with Crippen LogP contribution < -0.4 is 4.74 Å². The van der Waals surface area contributed by atoms with E-state index < -0.39 is 5.97 Å². The van der Waals surface area contributed by atoms with Gasteiger partial charge in [-0.05, 0) is 6.07 Å². The maximum absolute atomic E-state index is 10.6. The number of rotatable bonds is 6. The third kappa shape index (κ3) is 3.99. The Kier molecular flexibility index (Phi) is 4.63. The molecule has 4 nitrogen and oxygen atoms in total. The first-order valence-electron chi connectivity index (χ1n) is 4.65. The largest absolute Gasteiger partial charge is 0.491 e. The summed E-state index contributed by atoms with van der Waals surface area (Å²) >= 11 is 0. The van der Waals surface area contributed by atoms with E-state index in [1.165, 1.54) is 0 Å². The first-order chi connectivity index (χ1) is 7.24. The maximum atomic E-state index is 10.6. The second kappa shape index (κ2) is 6.03. The first kappa shape index (κ1) is 11.5. The molecular formula is C11H14O4. The lowest BCUT2D eigenvalue weighted by Crippen LogP contribution is -2.08. The molecule has 0 heterocycles. The van der Waals surface area contributed by atoms with Crippen molar-refractivity contribution in [3.8, 4) is 5.75 Å². The zero-order valence-corrected chi connectivity index (χ0v) is 8.60. The third-order valence-corrected chi connectivity index (χ3v) is 1.86. The fraction of sp³-hybridized carbons (Fsp3) is 0.364. The number of hydrogen-bond donors (Lipinski definition) is 1. The summed E-state index contributed by atoms with van der Waals surface area (Å²) in [4.78, 5) is 10.6. The van der Waals surface area contributed by atoms with Gasteiger partial charge in [0.15, 0.2) is 0 Å². The summed E-state index contributed by atoms with van der Waals surface area (Å²) in [5.74, 6) is -0.255. The van der Waals surface area contributed by atoms with E-state index in [0.29, 0.717) is 24.5 Å². The quantitative estimate of drug-likeness (QED) is 0.720.